The van der Waals surface area contributed by atoms with Gasteiger partial charge in [0.1, 0.15) is 5.82 Å². The summed E-state index contributed by atoms with van der Waals surface area (Å²) in [5.74, 6) is 0.937. The predicted molar refractivity (Wildman–Crippen MR) is 134 cm³/mol. The Morgan fingerprint density at radius 3 is 2.38 bits per heavy atom. The summed E-state index contributed by atoms with van der Waals surface area (Å²) >= 11 is 0. The number of benzene rings is 2. The Hall–Kier alpha value is -3.80. The summed E-state index contributed by atoms with van der Waals surface area (Å²) in [4.78, 5) is 35.0. The molecule has 1 N–H and O–H groups in total. The molecule has 5 rings (SSSR count). The average Bonchev–Trinajstić information content (AvgIpc) is 3.67. The quantitative estimate of drug-likeness (QED) is 0.448. The lowest BCUT2D eigenvalue weighted by molar-refractivity contribution is 0.102. The van der Waals surface area contributed by atoms with Crippen LogP contribution < -0.4 is 10.9 Å². The predicted octanol–water partition coefficient (Wildman–Crippen LogP) is 5.27. The van der Waals surface area contributed by atoms with Gasteiger partial charge in [-0.15, -0.1) is 0 Å². The molecule has 2 aromatic carbocycles. The molecule has 34 heavy (non-hydrogen) atoms. The molecule has 6 heteroatoms. The number of aromatic nitrogens is 3. The van der Waals surface area contributed by atoms with E-state index in [4.69, 9.17) is 4.98 Å². The number of carbonyl (C=O) groups excluding carboxylic acids is 1. The topological polar surface area (TPSA) is 76.9 Å². The van der Waals surface area contributed by atoms with Gasteiger partial charge in [0, 0.05) is 29.6 Å². The third-order valence-electron chi connectivity index (χ3n) is 6.29. The van der Waals surface area contributed by atoms with E-state index in [1.165, 1.54) is 5.56 Å². The van der Waals surface area contributed by atoms with E-state index >= 15 is 0 Å². The molecule has 1 fully saturated rings. The Bertz CT molecular complexity index is 1410. The second-order valence-electron chi connectivity index (χ2n) is 10.0. The molecule has 0 radical (unpaired) electrons. The zero-order valence-electron chi connectivity index (χ0n) is 19.7. The molecule has 0 atom stereocenters. The van der Waals surface area contributed by atoms with E-state index in [2.05, 4.69) is 55.3 Å². The maximum absolute atomic E-state index is 13.6. The van der Waals surface area contributed by atoms with Gasteiger partial charge in [0.25, 0.3) is 11.5 Å². The van der Waals surface area contributed by atoms with Crippen molar-refractivity contribution in [2.45, 2.75) is 51.5 Å². The number of nitrogens with one attached hydrogen (secondary N) is 1. The monoisotopic (exact) mass is 452 g/mol. The fourth-order valence-corrected chi connectivity index (χ4v) is 4.12. The first-order chi connectivity index (χ1) is 16.3. The third-order valence-corrected chi connectivity index (χ3v) is 6.29. The van der Waals surface area contributed by atoms with Crippen LogP contribution in [0.25, 0.3) is 10.9 Å². The Kier molecular flexibility index (Phi) is 5.52. The standard InChI is InChI=1S/C28H28N4O2/c1-28(2,3)21-8-4-18(5-9-21)17-32-25(19-6-7-19)31-24-11-10-22(16-23(24)27(32)34)30-26(33)20-12-14-29-15-13-20/h4-5,8-16,19H,6-7,17H2,1-3H3,(H,30,33). The van der Waals surface area contributed by atoms with Gasteiger partial charge in [0.15, 0.2) is 0 Å². The summed E-state index contributed by atoms with van der Waals surface area (Å²) in [5.41, 5.74) is 4.07. The van der Waals surface area contributed by atoms with Crippen LogP contribution in [-0.4, -0.2) is 20.4 Å². The maximum atomic E-state index is 13.6. The number of nitrogens with zero attached hydrogens (tertiary/aromatic N) is 3. The van der Waals surface area contributed by atoms with Gasteiger partial charge in [-0.05, 0) is 59.7 Å². The summed E-state index contributed by atoms with van der Waals surface area (Å²) in [7, 11) is 0. The number of carbonyl (C=O) groups is 1. The lowest BCUT2D eigenvalue weighted by Gasteiger charge is -2.19. The van der Waals surface area contributed by atoms with Crippen molar-refractivity contribution >= 4 is 22.5 Å². The van der Waals surface area contributed by atoms with Crippen molar-refractivity contribution in [3.63, 3.8) is 0 Å². The second-order valence-corrected chi connectivity index (χ2v) is 10.0. The second kappa shape index (κ2) is 8.52. The fraction of sp³-hybridized carbons (Fsp3) is 0.286. The molecule has 1 amide bonds. The number of fused-ring (bicyclic) bond motifs is 1. The van der Waals surface area contributed by atoms with E-state index in [0.29, 0.717) is 34.6 Å². The highest BCUT2D eigenvalue weighted by Gasteiger charge is 2.29. The van der Waals surface area contributed by atoms with Crippen molar-refractivity contribution in [1.82, 2.24) is 14.5 Å². The molecule has 0 aliphatic heterocycles. The van der Waals surface area contributed by atoms with Gasteiger partial charge >= 0.3 is 0 Å². The molecule has 2 heterocycles. The van der Waals surface area contributed by atoms with E-state index in [0.717, 1.165) is 24.2 Å². The lowest BCUT2D eigenvalue weighted by Crippen LogP contribution is -2.26. The highest BCUT2D eigenvalue weighted by Crippen LogP contribution is 2.39. The summed E-state index contributed by atoms with van der Waals surface area (Å²) in [6.45, 7) is 7.05. The van der Waals surface area contributed by atoms with Gasteiger partial charge in [-0.3, -0.25) is 19.1 Å². The van der Waals surface area contributed by atoms with Crippen molar-refractivity contribution in [3.05, 3.63) is 99.9 Å². The zero-order chi connectivity index (χ0) is 23.9. The van der Waals surface area contributed by atoms with Crippen molar-refractivity contribution in [2.75, 3.05) is 5.32 Å². The molecule has 2 aromatic heterocycles. The van der Waals surface area contributed by atoms with Crippen LogP contribution in [0.3, 0.4) is 0 Å². The first-order valence-electron chi connectivity index (χ1n) is 11.6. The molecule has 1 aliphatic rings. The lowest BCUT2D eigenvalue weighted by atomic mass is 9.87. The van der Waals surface area contributed by atoms with Crippen LogP contribution in [0.4, 0.5) is 5.69 Å². The minimum absolute atomic E-state index is 0.0770. The van der Waals surface area contributed by atoms with Gasteiger partial charge < -0.3 is 5.32 Å². The minimum atomic E-state index is -0.247. The van der Waals surface area contributed by atoms with Crippen LogP contribution >= 0.6 is 0 Å². The Labute approximate surface area is 198 Å². The number of hydrogen-bond donors (Lipinski definition) is 1. The number of pyridine rings is 1. The van der Waals surface area contributed by atoms with E-state index in [1.54, 1.807) is 41.2 Å². The van der Waals surface area contributed by atoms with Gasteiger partial charge in [-0.2, -0.15) is 0 Å². The van der Waals surface area contributed by atoms with Crippen molar-refractivity contribution in [1.29, 1.82) is 0 Å². The maximum Gasteiger partial charge on any atom is 0.261 e. The van der Waals surface area contributed by atoms with Crippen LogP contribution in [-0.2, 0) is 12.0 Å². The zero-order valence-corrected chi connectivity index (χ0v) is 19.7. The normalized spacial score (nSPS) is 13.7. The molecule has 0 saturated heterocycles. The Balaban J connectivity index is 1.50. The average molecular weight is 453 g/mol. The molecule has 4 aromatic rings. The van der Waals surface area contributed by atoms with Crippen molar-refractivity contribution in [3.8, 4) is 0 Å². The van der Waals surface area contributed by atoms with Crippen LogP contribution in [0, 0.1) is 0 Å². The summed E-state index contributed by atoms with van der Waals surface area (Å²) in [6, 6.07) is 17.1. The summed E-state index contributed by atoms with van der Waals surface area (Å²) in [5, 5.41) is 3.38. The number of hydrogen-bond acceptors (Lipinski definition) is 4. The molecule has 0 bridgehead atoms. The fourth-order valence-electron chi connectivity index (χ4n) is 4.12. The molecule has 0 spiro atoms. The van der Waals surface area contributed by atoms with Crippen molar-refractivity contribution < 1.29 is 4.79 Å². The third kappa shape index (κ3) is 4.49. The first kappa shape index (κ1) is 22.0. The number of amides is 1. The Morgan fingerprint density at radius 2 is 1.74 bits per heavy atom. The molecule has 0 unspecified atom stereocenters. The molecule has 6 nitrogen and oxygen atoms in total. The molecule has 172 valence electrons. The SMILES string of the molecule is CC(C)(C)c1ccc(Cn2c(C3CC3)nc3ccc(NC(=O)c4ccncc4)cc3c2=O)cc1. The number of anilines is 1. The van der Waals surface area contributed by atoms with Gasteiger partial charge in [-0.25, -0.2) is 4.98 Å². The minimum Gasteiger partial charge on any atom is -0.322 e. The van der Waals surface area contributed by atoms with E-state index in [9.17, 15) is 9.59 Å². The first-order valence-corrected chi connectivity index (χ1v) is 11.6. The molecule has 1 saturated carbocycles. The highest BCUT2D eigenvalue weighted by molar-refractivity contribution is 6.04. The van der Waals surface area contributed by atoms with Crippen LogP contribution in [0.15, 0.2) is 71.8 Å². The summed E-state index contributed by atoms with van der Waals surface area (Å²) < 4.78 is 1.81. The Morgan fingerprint density at radius 1 is 1.03 bits per heavy atom. The van der Waals surface area contributed by atoms with Crippen LogP contribution in [0.2, 0.25) is 0 Å². The molecule has 1 aliphatic carbocycles. The van der Waals surface area contributed by atoms with E-state index in [-0.39, 0.29) is 16.9 Å². The smallest absolute Gasteiger partial charge is 0.261 e. The van der Waals surface area contributed by atoms with Gasteiger partial charge in [-0.1, -0.05) is 45.0 Å². The van der Waals surface area contributed by atoms with E-state index in [1.807, 2.05) is 6.07 Å². The van der Waals surface area contributed by atoms with Crippen LogP contribution in [0.1, 0.15) is 66.8 Å². The van der Waals surface area contributed by atoms with E-state index < -0.39 is 0 Å². The van der Waals surface area contributed by atoms with Crippen LogP contribution in [0.5, 0.6) is 0 Å². The summed E-state index contributed by atoms with van der Waals surface area (Å²) in [6.07, 6.45) is 5.26. The molecular formula is C28H28N4O2. The highest BCUT2D eigenvalue weighted by atomic mass is 16.1. The molecular weight excluding hydrogens is 424 g/mol. The largest absolute Gasteiger partial charge is 0.322 e. The number of rotatable bonds is 5. The van der Waals surface area contributed by atoms with Crippen molar-refractivity contribution in [2.24, 2.45) is 0 Å². The van der Waals surface area contributed by atoms with Gasteiger partial charge in [0.2, 0.25) is 0 Å². The van der Waals surface area contributed by atoms with Gasteiger partial charge in [0.05, 0.1) is 17.4 Å².